The quantitative estimate of drug-likeness (QED) is 0.608. The van der Waals surface area contributed by atoms with Gasteiger partial charge < -0.3 is 10.2 Å². The van der Waals surface area contributed by atoms with E-state index in [1.807, 2.05) is 66.0 Å². The molecule has 0 spiro atoms. The molecule has 3 aromatic rings. The highest BCUT2D eigenvalue weighted by molar-refractivity contribution is 7.99. The zero-order valence-corrected chi connectivity index (χ0v) is 18.1. The Labute approximate surface area is 184 Å². The molecule has 0 bridgehead atoms. The van der Waals surface area contributed by atoms with E-state index in [1.165, 1.54) is 0 Å². The highest BCUT2D eigenvalue weighted by Gasteiger charge is 2.34. The smallest absolute Gasteiger partial charge is 0.244 e. The first-order chi connectivity index (χ1) is 14.7. The number of carbonyl (C=O) groups excluding carboxylic acids is 2. The summed E-state index contributed by atoms with van der Waals surface area (Å²) in [5.74, 6) is 1.13. The molecule has 7 heteroatoms. The Morgan fingerprint density at radius 2 is 1.80 bits per heavy atom. The van der Waals surface area contributed by atoms with Gasteiger partial charge in [0.25, 0.3) is 0 Å². The van der Waals surface area contributed by atoms with Crippen LogP contribution in [-0.4, -0.2) is 39.4 Å². The van der Waals surface area contributed by atoms with Crippen molar-refractivity contribution < 1.29 is 9.59 Å². The van der Waals surface area contributed by atoms with Crippen LogP contribution >= 0.6 is 23.1 Å². The number of aromatic nitrogens is 1. The Morgan fingerprint density at radius 1 is 1.07 bits per heavy atom. The van der Waals surface area contributed by atoms with Crippen molar-refractivity contribution in [3.63, 3.8) is 0 Å². The van der Waals surface area contributed by atoms with Crippen LogP contribution in [-0.2, 0) is 22.6 Å². The van der Waals surface area contributed by atoms with E-state index < -0.39 is 6.04 Å². The summed E-state index contributed by atoms with van der Waals surface area (Å²) in [5.41, 5.74) is 3.04. The minimum Gasteiger partial charge on any atom is -0.349 e. The van der Waals surface area contributed by atoms with Crippen LogP contribution in [0.3, 0.4) is 0 Å². The lowest BCUT2D eigenvalue weighted by Crippen LogP contribution is -2.47. The number of nitrogens with zero attached hydrogens (tertiary/aromatic N) is 2. The van der Waals surface area contributed by atoms with Gasteiger partial charge in [0.05, 0.1) is 18.1 Å². The van der Waals surface area contributed by atoms with Crippen LogP contribution in [0.25, 0.3) is 10.6 Å². The lowest BCUT2D eigenvalue weighted by atomic mass is 10.1. The number of aryl methyl sites for hydroxylation is 1. The van der Waals surface area contributed by atoms with E-state index in [9.17, 15) is 9.59 Å². The summed E-state index contributed by atoms with van der Waals surface area (Å²) in [6, 6.07) is 19.5. The molecule has 2 aromatic carbocycles. The molecule has 1 fully saturated rings. The largest absolute Gasteiger partial charge is 0.349 e. The van der Waals surface area contributed by atoms with Gasteiger partial charge >= 0.3 is 0 Å². The van der Waals surface area contributed by atoms with E-state index >= 15 is 0 Å². The fraction of sp³-hybridized carbons (Fsp3) is 0.261. The average molecular weight is 438 g/mol. The molecule has 1 saturated heterocycles. The number of nitrogens with one attached hydrogen (secondary N) is 1. The molecular weight excluding hydrogens is 414 g/mol. The van der Waals surface area contributed by atoms with E-state index in [1.54, 1.807) is 28.0 Å². The molecule has 1 aromatic heterocycles. The summed E-state index contributed by atoms with van der Waals surface area (Å²) in [7, 11) is 0. The molecule has 0 saturated carbocycles. The topological polar surface area (TPSA) is 62.3 Å². The highest BCUT2D eigenvalue weighted by atomic mass is 32.2. The summed E-state index contributed by atoms with van der Waals surface area (Å²) in [6.45, 7) is 0.370. The minimum atomic E-state index is -0.412. The maximum atomic E-state index is 12.7. The van der Waals surface area contributed by atoms with Crippen molar-refractivity contribution in [3.8, 4) is 10.6 Å². The van der Waals surface area contributed by atoms with Crippen LogP contribution in [0.15, 0.2) is 66.0 Å². The lowest BCUT2D eigenvalue weighted by Gasteiger charge is -2.23. The maximum absolute atomic E-state index is 12.7. The first-order valence-corrected chi connectivity index (χ1v) is 11.9. The zero-order chi connectivity index (χ0) is 20.8. The number of rotatable bonds is 7. The summed E-state index contributed by atoms with van der Waals surface area (Å²) in [6.07, 6.45) is 1.11. The van der Waals surface area contributed by atoms with E-state index in [0.29, 0.717) is 31.0 Å². The summed E-state index contributed by atoms with van der Waals surface area (Å²) >= 11 is 3.19. The van der Waals surface area contributed by atoms with Crippen molar-refractivity contribution in [1.29, 1.82) is 0 Å². The minimum absolute atomic E-state index is 0.0315. The first kappa shape index (κ1) is 20.6. The Balaban J connectivity index is 1.30. The molecule has 1 aliphatic rings. The molecule has 1 N–H and O–H groups in total. The normalized spacial score (nSPS) is 15.9. The third-order valence-electron chi connectivity index (χ3n) is 4.99. The fourth-order valence-corrected chi connectivity index (χ4v) is 5.35. The Morgan fingerprint density at radius 3 is 2.57 bits per heavy atom. The van der Waals surface area contributed by atoms with Crippen molar-refractivity contribution in [2.75, 3.05) is 11.6 Å². The van der Waals surface area contributed by atoms with Crippen molar-refractivity contribution in [2.45, 2.75) is 25.4 Å². The molecule has 4 rings (SSSR count). The van der Waals surface area contributed by atoms with Crippen LogP contribution in [0.5, 0.6) is 0 Å². The number of thiazole rings is 1. The predicted molar refractivity (Wildman–Crippen MR) is 122 cm³/mol. The van der Waals surface area contributed by atoms with Crippen molar-refractivity contribution in [3.05, 3.63) is 77.3 Å². The van der Waals surface area contributed by atoms with Gasteiger partial charge in [0.2, 0.25) is 11.8 Å². The van der Waals surface area contributed by atoms with Crippen molar-refractivity contribution >= 4 is 34.9 Å². The SMILES string of the molecule is O=C(NCc1csc(-c2ccccc2)n1)C1CSCN1C(=O)CCc1ccccc1. The first-order valence-electron chi connectivity index (χ1n) is 9.89. The predicted octanol–water partition coefficient (Wildman–Crippen LogP) is 3.96. The van der Waals surface area contributed by atoms with Gasteiger partial charge in [-0.3, -0.25) is 9.59 Å². The highest BCUT2D eigenvalue weighted by Crippen LogP contribution is 2.24. The monoisotopic (exact) mass is 437 g/mol. The van der Waals surface area contributed by atoms with Crippen LogP contribution < -0.4 is 5.32 Å². The molecule has 0 radical (unpaired) electrons. The molecular formula is C23H23N3O2S2. The molecule has 2 amide bonds. The second-order valence-electron chi connectivity index (χ2n) is 7.09. The number of benzene rings is 2. The van der Waals surface area contributed by atoms with E-state index in [2.05, 4.69) is 10.3 Å². The second kappa shape index (κ2) is 9.91. The molecule has 154 valence electrons. The van der Waals surface area contributed by atoms with Crippen LogP contribution in [0.2, 0.25) is 0 Å². The number of hydrogen-bond acceptors (Lipinski definition) is 5. The maximum Gasteiger partial charge on any atom is 0.244 e. The molecule has 1 atom stereocenters. The molecule has 1 aliphatic heterocycles. The number of hydrogen-bond donors (Lipinski definition) is 1. The van der Waals surface area contributed by atoms with Gasteiger partial charge in [-0.15, -0.1) is 23.1 Å². The number of amides is 2. The number of thioether (sulfide) groups is 1. The molecule has 5 nitrogen and oxygen atoms in total. The van der Waals surface area contributed by atoms with Gasteiger partial charge in [-0.2, -0.15) is 0 Å². The standard InChI is InChI=1S/C23H23N3O2S2/c27-21(12-11-17-7-3-1-4-8-17)26-16-29-15-20(26)22(28)24-13-19-14-30-23(25-19)18-9-5-2-6-10-18/h1-10,14,20H,11-13,15-16H2,(H,24,28). The van der Waals surface area contributed by atoms with E-state index in [-0.39, 0.29) is 11.8 Å². The van der Waals surface area contributed by atoms with Gasteiger partial charge in [-0.25, -0.2) is 4.98 Å². The second-order valence-corrected chi connectivity index (χ2v) is 8.95. The van der Waals surface area contributed by atoms with Gasteiger partial charge in [-0.05, 0) is 12.0 Å². The van der Waals surface area contributed by atoms with E-state index in [4.69, 9.17) is 0 Å². The molecule has 1 unspecified atom stereocenters. The zero-order valence-electron chi connectivity index (χ0n) is 16.5. The Hall–Kier alpha value is -2.64. The van der Waals surface area contributed by atoms with Crippen molar-refractivity contribution in [2.24, 2.45) is 0 Å². The van der Waals surface area contributed by atoms with Crippen LogP contribution in [0.1, 0.15) is 17.7 Å². The van der Waals surface area contributed by atoms with Gasteiger partial charge in [0.15, 0.2) is 0 Å². The Bertz CT molecular complexity index is 992. The third kappa shape index (κ3) is 5.09. The average Bonchev–Trinajstić information content (AvgIpc) is 3.47. The van der Waals surface area contributed by atoms with Crippen LogP contribution in [0, 0.1) is 0 Å². The van der Waals surface area contributed by atoms with Gasteiger partial charge in [-0.1, -0.05) is 60.7 Å². The van der Waals surface area contributed by atoms with Crippen LogP contribution in [0.4, 0.5) is 0 Å². The van der Waals surface area contributed by atoms with E-state index in [0.717, 1.165) is 21.8 Å². The number of carbonyl (C=O) groups is 2. The molecule has 2 heterocycles. The van der Waals surface area contributed by atoms with Crippen molar-refractivity contribution in [1.82, 2.24) is 15.2 Å². The fourth-order valence-electron chi connectivity index (χ4n) is 3.34. The lowest BCUT2D eigenvalue weighted by molar-refractivity contribution is -0.138. The molecule has 0 aliphatic carbocycles. The summed E-state index contributed by atoms with van der Waals surface area (Å²) < 4.78 is 0. The van der Waals surface area contributed by atoms with Gasteiger partial charge in [0, 0.05) is 23.1 Å². The third-order valence-corrected chi connectivity index (χ3v) is 6.94. The summed E-state index contributed by atoms with van der Waals surface area (Å²) in [4.78, 5) is 31.8. The Kier molecular flexibility index (Phi) is 6.81. The van der Waals surface area contributed by atoms with Gasteiger partial charge in [0.1, 0.15) is 11.0 Å². The summed E-state index contributed by atoms with van der Waals surface area (Å²) in [5, 5.41) is 5.87. The molecule has 30 heavy (non-hydrogen) atoms.